The summed E-state index contributed by atoms with van der Waals surface area (Å²) in [5, 5.41) is 10.9. The average Bonchev–Trinajstić information content (AvgIpc) is 2.65. The highest BCUT2D eigenvalue weighted by Gasteiger charge is 2.46. The largest absolute Gasteiger partial charge is 0.460 e. The van der Waals surface area contributed by atoms with Crippen LogP contribution in [-0.4, -0.2) is 56.2 Å². The number of ketones is 1. The number of hydrogen-bond acceptors (Lipinski definition) is 6. The molecule has 0 aliphatic carbocycles. The number of hydrogen-bond donors (Lipinski definition) is 1. The first-order chi connectivity index (χ1) is 15.2. The van der Waals surface area contributed by atoms with Gasteiger partial charge in [-0.15, -0.1) is 0 Å². The highest BCUT2D eigenvalue weighted by atomic mass is 28.4. The maximum atomic E-state index is 13.7. The van der Waals surface area contributed by atoms with Crippen LogP contribution in [0.15, 0.2) is 0 Å². The average molecular weight is 503 g/mol. The molecule has 4 atom stereocenters. The molecule has 7 heteroatoms. The molecule has 0 rings (SSSR count). The maximum absolute atomic E-state index is 13.7. The number of unbranched alkanes of at least 4 members (excludes halogenated alkanes) is 1. The third kappa shape index (κ3) is 10.5. The van der Waals surface area contributed by atoms with E-state index in [4.69, 9.17) is 13.9 Å². The second-order valence-electron chi connectivity index (χ2n) is 12.9. The molecular weight excluding hydrogens is 448 g/mol. The zero-order chi connectivity index (χ0) is 27.1. The van der Waals surface area contributed by atoms with Crippen molar-refractivity contribution < 1.29 is 28.6 Å². The number of Topliss-reactive ketones (excluding diaryl/α,β-unsaturated/α-hetero) is 1. The fraction of sp³-hybridized carbons (Fsp3) is 0.926. The Kier molecular flexibility index (Phi) is 12.7. The molecule has 0 aliphatic heterocycles. The Morgan fingerprint density at radius 2 is 1.50 bits per heavy atom. The number of carbonyl (C=O) groups excluding carboxylic acids is 2. The SMILES string of the molecule is CCCCOC[C@H](C)[C@H](O[Si](C)(C)C(C)(C)C)C(C)C(=O)C(C)(C)[C@@H](O)CC(=O)OC(C)(C)C. The number of ether oxygens (including phenoxy) is 2. The minimum absolute atomic E-state index is 0.00345. The van der Waals surface area contributed by atoms with E-state index in [2.05, 4.69) is 47.7 Å². The molecule has 0 aromatic carbocycles. The maximum Gasteiger partial charge on any atom is 0.308 e. The standard InChI is InChI=1S/C27H54O6Si/c1-14-15-16-31-18-19(2)23(33-34(12,13)26(7,8)9)20(3)24(30)27(10,11)21(28)17-22(29)32-25(4,5)6/h19-21,23,28H,14-18H2,1-13H3/t19-,20?,21-,23-/m0/s1. The molecule has 1 N–H and O–H groups in total. The van der Waals surface area contributed by atoms with E-state index in [1.54, 1.807) is 34.6 Å². The lowest BCUT2D eigenvalue weighted by molar-refractivity contribution is -0.160. The molecule has 0 saturated heterocycles. The lowest BCUT2D eigenvalue weighted by Gasteiger charge is -2.44. The van der Waals surface area contributed by atoms with Crippen LogP contribution in [0.4, 0.5) is 0 Å². The van der Waals surface area contributed by atoms with Crippen molar-refractivity contribution in [2.75, 3.05) is 13.2 Å². The summed E-state index contributed by atoms with van der Waals surface area (Å²) in [5.41, 5.74) is -1.78. The molecule has 0 aliphatic rings. The molecule has 0 aromatic heterocycles. The van der Waals surface area contributed by atoms with E-state index in [1.165, 1.54) is 0 Å². The van der Waals surface area contributed by atoms with Crippen molar-refractivity contribution in [3.05, 3.63) is 0 Å². The van der Waals surface area contributed by atoms with Gasteiger partial charge in [0.05, 0.1) is 30.7 Å². The van der Waals surface area contributed by atoms with Crippen LogP contribution >= 0.6 is 0 Å². The first-order valence-corrected chi connectivity index (χ1v) is 15.8. The smallest absolute Gasteiger partial charge is 0.308 e. The number of carbonyl (C=O) groups is 2. The topological polar surface area (TPSA) is 82.1 Å². The summed E-state index contributed by atoms with van der Waals surface area (Å²) in [6.07, 6.45) is 0.340. The van der Waals surface area contributed by atoms with E-state index < -0.39 is 37.3 Å². The summed E-state index contributed by atoms with van der Waals surface area (Å²) >= 11 is 0. The predicted octanol–water partition coefficient (Wildman–Crippen LogP) is 6.15. The summed E-state index contributed by atoms with van der Waals surface area (Å²) < 4.78 is 18.0. The quantitative estimate of drug-likeness (QED) is 0.174. The minimum atomic E-state index is -2.18. The molecule has 6 nitrogen and oxygen atoms in total. The van der Waals surface area contributed by atoms with Gasteiger partial charge in [0.25, 0.3) is 0 Å². The Morgan fingerprint density at radius 1 is 0.971 bits per heavy atom. The molecule has 0 heterocycles. The number of esters is 1. The van der Waals surface area contributed by atoms with Crippen molar-refractivity contribution in [1.29, 1.82) is 0 Å². The van der Waals surface area contributed by atoms with Crippen LogP contribution in [0.2, 0.25) is 18.1 Å². The first-order valence-electron chi connectivity index (χ1n) is 12.9. The van der Waals surface area contributed by atoms with Crippen molar-refractivity contribution >= 4 is 20.1 Å². The highest BCUT2D eigenvalue weighted by Crippen LogP contribution is 2.40. The summed E-state index contributed by atoms with van der Waals surface area (Å²) in [6.45, 7) is 26.9. The lowest BCUT2D eigenvalue weighted by atomic mass is 9.73. The van der Waals surface area contributed by atoms with E-state index in [0.717, 1.165) is 12.8 Å². The first kappa shape index (κ1) is 33.2. The molecule has 0 saturated carbocycles. The van der Waals surface area contributed by atoms with Gasteiger partial charge < -0.3 is 19.0 Å². The van der Waals surface area contributed by atoms with Gasteiger partial charge >= 0.3 is 5.97 Å². The van der Waals surface area contributed by atoms with Crippen LogP contribution in [0.5, 0.6) is 0 Å². The molecule has 202 valence electrons. The van der Waals surface area contributed by atoms with Crippen LogP contribution < -0.4 is 0 Å². The van der Waals surface area contributed by atoms with Crippen molar-refractivity contribution in [3.63, 3.8) is 0 Å². The van der Waals surface area contributed by atoms with E-state index in [-0.39, 0.29) is 29.3 Å². The minimum Gasteiger partial charge on any atom is -0.460 e. The summed E-state index contributed by atoms with van der Waals surface area (Å²) in [7, 11) is -2.18. The summed E-state index contributed by atoms with van der Waals surface area (Å²) in [6, 6.07) is 0. The van der Waals surface area contributed by atoms with E-state index in [1.807, 2.05) is 6.92 Å². The molecule has 0 bridgehead atoms. The zero-order valence-electron chi connectivity index (χ0n) is 24.3. The molecule has 0 spiro atoms. The van der Waals surface area contributed by atoms with Crippen molar-refractivity contribution in [3.8, 4) is 0 Å². The van der Waals surface area contributed by atoms with Gasteiger partial charge in [0, 0.05) is 18.4 Å². The Balaban J connectivity index is 5.73. The number of aliphatic hydroxyl groups excluding tert-OH is 1. The fourth-order valence-corrected chi connectivity index (χ4v) is 5.01. The van der Waals surface area contributed by atoms with E-state index in [0.29, 0.717) is 13.2 Å². The third-order valence-corrected chi connectivity index (χ3v) is 11.4. The molecule has 0 radical (unpaired) electrons. The van der Waals surface area contributed by atoms with Crippen LogP contribution in [0.25, 0.3) is 0 Å². The Bertz CT molecular complexity index is 644. The number of rotatable bonds is 14. The van der Waals surface area contributed by atoms with Gasteiger partial charge in [0.2, 0.25) is 0 Å². The normalized spacial score (nSPS) is 17.1. The van der Waals surface area contributed by atoms with Crippen LogP contribution in [0, 0.1) is 17.3 Å². The molecule has 0 fully saturated rings. The number of aliphatic hydroxyl groups is 1. The third-order valence-electron chi connectivity index (χ3n) is 6.98. The van der Waals surface area contributed by atoms with Gasteiger partial charge in [0.1, 0.15) is 11.4 Å². The molecule has 34 heavy (non-hydrogen) atoms. The van der Waals surface area contributed by atoms with Gasteiger partial charge in [0.15, 0.2) is 8.32 Å². The Morgan fingerprint density at radius 3 is 1.94 bits per heavy atom. The predicted molar refractivity (Wildman–Crippen MR) is 141 cm³/mol. The van der Waals surface area contributed by atoms with Crippen molar-refractivity contribution in [2.45, 2.75) is 131 Å². The summed E-state index contributed by atoms with van der Waals surface area (Å²) in [4.78, 5) is 26.0. The zero-order valence-corrected chi connectivity index (χ0v) is 25.3. The molecule has 0 amide bonds. The van der Waals surface area contributed by atoms with Crippen molar-refractivity contribution in [2.24, 2.45) is 17.3 Å². The lowest BCUT2D eigenvalue weighted by Crippen LogP contribution is -2.52. The molecule has 1 unspecified atom stereocenters. The monoisotopic (exact) mass is 502 g/mol. The summed E-state index contributed by atoms with van der Waals surface area (Å²) in [5.74, 6) is -1.10. The van der Waals surface area contributed by atoms with Gasteiger partial charge in [-0.3, -0.25) is 9.59 Å². The Hall–Kier alpha value is -0.763. The van der Waals surface area contributed by atoms with Crippen LogP contribution in [-0.2, 0) is 23.5 Å². The van der Waals surface area contributed by atoms with E-state index in [9.17, 15) is 14.7 Å². The van der Waals surface area contributed by atoms with Gasteiger partial charge in [-0.05, 0) is 45.3 Å². The van der Waals surface area contributed by atoms with E-state index >= 15 is 0 Å². The second kappa shape index (κ2) is 13.0. The van der Waals surface area contributed by atoms with Crippen molar-refractivity contribution in [1.82, 2.24) is 0 Å². The Labute approximate surface area is 210 Å². The molecular formula is C27H54O6Si. The van der Waals surface area contributed by atoms with Crippen LogP contribution in [0.1, 0.15) is 95.4 Å². The van der Waals surface area contributed by atoms with Gasteiger partial charge in [-0.25, -0.2) is 0 Å². The van der Waals surface area contributed by atoms with Crippen LogP contribution in [0.3, 0.4) is 0 Å². The second-order valence-corrected chi connectivity index (χ2v) is 17.7. The molecule has 0 aromatic rings. The van der Waals surface area contributed by atoms with Gasteiger partial charge in [-0.1, -0.05) is 61.8 Å². The highest BCUT2D eigenvalue weighted by molar-refractivity contribution is 6.74. The van der Waals surface area contributed by atoms with Gasteiger partial charge in [-0.2, -0.15) is 0 Å². The fourth-order valence-electron chi connectivity index (χ4n) is 3.53.